The molecule has 33 heavy (non-hydrogen) atoms. The number of carbonyl (C=O) groups is 2. The molecule has 3 aromatic rings. The van der Waals surface area contributed by atoms with E-state index in [-0.39, 0.29) is 22.8 Å². The highest BCUT2D eigenvalue weighted by Gasteiger charge is 2.46. The number of aromatic hydroxyl groups is 1. The summed E-state index contributed by atoms with van der Waals surface area (Å²) in [5.74, 6) is -1.71. The van der Waals surface area contributed by atoms with Crippen LogP contribution >= 0.6 is 0 Å². The summed E-state index contributed by atoms with van der Waals surface area (Å²) in [4.78, 5) is 34.3. The molecule has 1 aliphatic heterocycles. The Bertz CT molecular complexity index is 1270. The predicted octanol–water partition coefficient (Wildman–Crippen LogP) is 3.03. The number of hydrogen-bond acceptors (Lipinski definition) is 6. The molecule has 1 aromatic carbocycles. The van der Waals surface area contributed by atoms with Crippen LogP contribution in [0.5, 0.6) is 5.75 Å². The quantitative estimate of drug-likeness (QED) is 0.342. The van der Waals surface area contributed by atoms with Gasteiger partial charge in [0, 0.05) is 12.7 Å². The highest BCUT2D eigenvalue weighted by atomic mass is 16.3. The molecule has 0 aliphatic carbocycles. The fraction of sp³-hybridized carbons (Fsp3) is 0.320. The molecular formula is C25H28N4O4. The number of aliphatic hydroxyl groups excluding tert-OH is 1. The fourth-order valence-electron chi connectivity index (χ4n) is 4.38. The maximum Gasteiger partial charge on any atom is 0.295 e. The Kier molecular flexibility index (Phi) is 5.95. The number of carbonyl (C=O) groups excluding carboxylic acids is 2. The number of phenolic OH excluding ortho intramolecular Hbond substituents is 1. The van der Waals surface area contributed by atoms with E-state index in [1.165, 1.54) is 17.0 Å². The van der Waals surface area contributed by atoms with E-state index in [1.807, 2.05) is 55.6 Å². The van der Waals surface area contributed by atoms with Gasteiger partial charge in [-0.25, -0.2) is 4.98 Å². The van der Waals surface area contributed by atoms with Crippen molar-refractivity contribution in [3.63, 3.8) is 0 Å². The molecule has 1 amide bonds. The van der Waals surface area contributed by atoms with E-state index in [0.29, 0.717) is 29.9 Å². The minimum Gasteiger partial charge on any atom is -0.508 e. The third-order valence-electron chi connectivity index (χ3n) is 6.04. The third-order valence-corrected chi connectivity index (χ3v) is 6.04. The van der Waals surface area contributed by atoms with Crippen molar-refractivity contribution in [3.8, 4) is 5.75 Å². The van der Waals surface area contributed by atoms with Gasteiger partial charge in [-0.15, -0.1) is 0 Å². The second-order valence-corrected chi connectivity index (χ2v) is 8.67. The second kappa shape index (κ2) is 8.71. The average molecular weight is 449 g/mol. The summed E-state index contributed by atoms with van der Waals surface area (Å²) < 4.78 is 1.85. The van der Waals surface area contributed by atoms with E-state index in [1.54, 1.807) is 12.1 Å². The van der Waals surface area contributed by atoms with Crippen molar-refractivity contribution in [2.75, 3.05) is 27.2 Å². The molecule has 0 bridgehead atoms. The van der Waals surface area contributed by atoms with Gasteiger partial charge in [-0.05, 0) is 70.2 Å². The molecule has 172 valence electrons. The molecule has 1 aliphatic rings. The van der Waals surface area contributed by atoms with Crippen molar-refractivity contribution in [3.05, 3.63) is 70.7 Å². The molecule has 2 N–H and O–H groups in total. The van der Waals surface area contributed by atoms with Crippen LogP contribution in [0.3, 0.4) is 0 Å². The minimum atomic E-state index is -0.815. The zero-order valence-corrected chi connectivity index (χ0v) is 19.2. The molecule has 1 saturated heterocycles. The number of benzene rings is 1. The van der Waals surface area contributed by atoms with Gasteiger partial charge in [-0.2, -0.15) is 0 Å². The number of nitrogens with zero attached hydrogens (tertiary/aromatic N) is 4. The van der Waals surface area contributed by atoms with Crippen molar-refractivity contribution in [1.82, 2.24) is 19.2 Å². The maximum absolute atomic E-state index is 13.2. The Morgan fingerprint density at radius 2 is 1.91 bits per heavy atom. The number of fused-ring (bicyclic) bond motifs is 1. The van der Waals surface area contributed by atoms with Gasteiger partial charge in [0.25, 0.3) is 11.7 Å². The number of aromatic nitrogens is 2. The topological polar surface area (TPSA) is 98.4 Å². The number of aliphatic hydroxyl groups is 1. The molecule has 1 fully saturated rings. The number of imidazole rings is 1. The zero-order chi connectivity index (χ0) is 23.9. The number of aryl methyl sites for hydroxylation is 2. The Hall–Kier alpha value is -3.65. The van der Waals surface area contributed by atoms with Crippen LogP contribution in [-0.4, -0.2) is 68.3 Å². The van der Waals surface area contributed by atoms with Crippen molar-refractivity contribution < 1.29 is 19.8 Å². The lowest BCUT2D eigenvalue weighted by molar-refractivity contribution is -0.139. The van der Waals surface area contributed by atoms with E-state index in [9.17, 15) is 19.8 Å². The van der Waals surface area contributed by atoms with Crippen LogP contribution in [0.1, 0.15) is 35.0 Å². The highest BCUT2D eigenvalue weighted by molar-refractivity contribution is 6.46. The lowest BCUT2D eigenvalue weighted by Crippen LogP contribution is -2.32. The number of phenols is 1. The highest BCUT2D eigenvalue weighted by Crippen LogP contribution is 2.40. The summed E-state index contributed by atoms with van der Waals surface area (Å²) in [7, 11) is 3.88. The standard InChI is InChI=1S/C25H28N4O4/c1-15-8-6-12-28-16(2)20(26-24(15)28)22(31)19-21(17-9-5-10-18(30)14-17)29(25(33)23(19)32)13-7-11-27(3)4/h5-6,8-10,12,14,21,30-31H,7,11,13H2,1-4H3/b22-19+. The van der Waals surface area contributed by atoms with Gasteiger partial charge in [-0.1, -0.05) is 18.2 Å². The summed E-state index contributed by atoms with van der Waals surface area (Å²) >= 11 is 0. The first-order chi connectivity index (χ1) is 15.7. The van der Waals surface area contributed by atoms with Crippen molar-refractivity contribution >= 4 is 23.1 Å². The summed E-state index contributed by atoms with van der Waals surface area (Å²) in [6, 6.07) is 9.43. The van der Waals surface area contributed by atoms with E-state index in [2.05, 4.69) is 4.98 Å². The summed E-state index contributed by atoms with van der Waals surface area (Å²) in [6.07, 6.45) is 2.50. The van der Waals surface area contributed by atoms with E-state index < -0.39 is 17.7 Å². The second-order valence-electron chi connectivity index (χ2n) is 8.67. The van der Waals surface area contributed by atoms with Crippen LogP contribution in [-0.2, 0) is 9.59 Å². The van der Waals surface area contributed by atoms with Crippen LogP contribution < -0.4 is 0 Å². The van der Waals surface area contributed by atoms with Gasteiger partial charge < -0.3 is 24.4 Å². The lowest BCUT2D eigenvalue weighted by Gasteiger charge is -2.26. The first-order valence-electron chi connectivity index (χ1n) is 10.9. The van der Waals surface area contributed by atoms with Gasteiger partial charge >= 0.3 is 0 Å². The maximum atomic E-state index is 13.2. The number of amides is 1. The molecule has 0 saturated carbocycles. The van der Waals surface area contributed by atoms with E-state index in [4.69, 9.17) is 0 Å². The normalized spacial score (nSPS) is 18.1. The first kappa shape index (κ1) is 22.5. The van der Waals surface area contributed by atoms with Crippen LogP contribution in [0.4, 0.5) is 0 Å². The molecular weight excluding hydrogens is 420 g/mol. The molecule has 1 unspecified atom stereocenters. The third kappa shape index (κ3) is 3.98. The Morgan fingerprint density at radius 3 is 2.58 bits per heavy atom. The number of likely N-dealkylation sites (tertiary alicyclic amines) is 1. The van der Waals surface area contributed by atoms with Crippen LogP contribution in [0.25, 0.3) is 11.4 Å². The SMILES string of the molecule is Cc1cccn2c(C)c(/C(O)=C3\C(=O)C(=O)N(CCCN(C)C)C3c3cccc(O)c3)nc12. The van der Waals surface area contributed by atoms with Gasteiger partial charge in [0.1, 0.15) is 17.1 Å². The molecule has 2 aromatic heterocycles. The van der Waals surface area contributed by atoms with E-state index >= 15 is 0 Å². The Labute approximate surface area is 192 Å². The molecule has 8 heteroatoms. The first-order valence-corrected chi connectivity index (χ1v) is 10.9. The van der Waals surface area contributed by atoms with Crippen LogP contribution in [0.15, 0.2) is 48.2 Å². The Balaban J connectivity index is 1.88. The zero-order valence-electron chi connectivity index (χ0n) is 19.2. The summed E-state index contributed by atoms with van der Waals surface area (Å²) in [5.41, 5.74) is 3.07. The summed E-state index contributed by atoms with van der Waals surface area (Å²) in [6.45, 7) is 4.80. The van der Waals surface area contributed by atoms with Gasteiger partial charge in [0.15, 0.2) is 5.76 Å². The molecule has 1 atom stereocenters. The molecule has 0 radical (unpaired) electrons. The fourth-order valence-corrected chi connectivity index (χ4v) is 4.38. The predicted molar refractivity (Wildman–Crippen MR) is 125 cm³/mol. The number of pyridine rings is 1. The van der Waals surface area contributed by atoms with Crippen LogP contribution in [0, 0.1) is 13.8 Å². The van der Waals surface area contributed by atoms with Crippen molar-refractivity contribution in [1.29, 1.82) is 0 Å². The molecule has 4 rings (SSSR count). The smallest absolute Gasteiger partial charge is 0.295 e. The molecule has 3 heterocycles. The van der Waals surface area contributed by atoms with Gasteiger partial charge in [0.2, 0.25) is 0 Å². The number of ketones is 1. The lowest BCUT2D eigenvalue weighted by atomic mass is 9.96. The van der Waals surface area contributed by atoms with E-state index in [0.717, 1.165) is 12.1 Å². The number of Topliss-reactive ketones (excluding diaryl/α,β-unsaturated/α-hetero) is 1. The van der Waals surface area contributed by atoms with Crippen LogP contribution in [0.2, 0.25) is 0 Å². The Morgan fingerprint density at radius 1 is 1.15 bits per heavy atom. The van der Waals surface area contributed by atoms with Gasteiger partial charge in [-0.3, -0.25) is 9.59 Å². The van der Waals surface area contributed by atoms with Crippen molar-refractivity contribution in [2.24, 2.45) is 0 Å². The number of rotatable bonds is 6. The minimum absolute atomic E-state index is 0.0142. The average Bonchev–Trinajstić information content (AvgIpc) is 3.23. The molecule has 8 nitrogen and oxygen atoms in total. The van der Waals surface area contributed by atoms with Gasteiger partial charge in [0.05, 0.1) is 17.3 Å². The molecule has 0 spiro atoms. The van der Waals surface area contributed by atoms with Crippen molar-refractivity contribution in [2.45, 2.75) is 26.3 Å². The largest absolute Gasteiger partial charge is 0.508 e. The monoisotopic (exact) mass is 448 g/mol. The number of hydrogen-bond donors (Lipinski definition) is 2. The summed E-state index contributed by atoms with van der Waals surface area (Å²) in [5, 5.41) is 21.4.